The number of rotatable bonds is 5. The number of nitrogens with zero attached hydrogens (tertiary/aromatic N) is 1. The second-order valence-electron chi connectivity index (χ2n) is 8.89. The number of hydrogen-bond acceptors (Lipinski definition) is 2. The summed E-state index contributed by atoms with van der Waals surface area (Å²) in [6.07, 6.45) is 5.39. The molecule has 0 bridgehead atoms. The van der Waals surface area contributed by atoms with Crippen LogP contribution in [-0.4, -0.2) is 30.6 Å². The van der Waals surface area contributed by atoms with Crippen molar-refractivity contribution < 1.29 is 13.2 Å². The fraction of sp³-hybridized carbons (Fsp3) is 0.500. The van der Waals surface area contributed by atoms with Gasteiger partial charge in [0.1, 0.15) is 0 Å². The number of halogens is 3. The second-order valence-corrected chi connectivity index (χ2v) is 8.89. The molecule has 0 radical (unpaired) electrons. The van der Waals surface area contributed by atoms with Gasteiger partial charge in [0, 0.05) is 24.7 Å². The third-order valence-electron chi connectivity index (χ3n) is 6.00. The van der Waals surface area contributed by atoms with Gasteiger partial charge in [0.05, 0.1) is 5.56 Å². The summed E-state index contributed by atoms with van der Waals surface area (Å²) in [4.78, 5) is 2.36. The van der Waals surface area contributed by atoms with Crippen LogP contribution in [0.4, 0.5) is 13.2 Å². The van der Waals surface area contributed by atoms with Crippen molar-refractivity contribution in [2.24, 2.45) is 0 Å². The molecule has 1 aliphatic heterocycles. The molecule has 1 aromatic rings. The van der Waals surface area contributed by atoms with E-state index in [0.717, 1.165) is 45.3 Å². The number of piperidine rings is 1. The molecular formula is C26H33F3N2. The van der Waals surface area contributed by atoms with E-state index in [1.807, 2.05) is 0 Å². The van der Waals surface area contributed by atoms with Crippen molar-refractivity contribution in [2.75, 3.05) is 19.6 Å². The number of nitrogens with one attached hydrogen (secondary N) is 1. The molecule has 1 fully saturated rings. The molecule has 1 atom stereocenters. The zero-order valence-corrected chi connectivity index (χ0v) is 18.7. The van der Waals surface area contributed by atoms with Gasteiger partial charge in [-0.25, -0.2) is 0 Å². The summed E-state index contributed by atoms with van der Waals surface area (Å²) >= 11 is 0. The smallest absolute Gasteiger partial charge is 0.384 e. The first-order valence-corrected chi connectivity index (χ1v) is 11.1. The summed E-state index contributed by atoms with van der Waals surface area (Å²) in [7, 11) is 0. The van der Waals surface area contributed by atoms with Crippen LogP contribution in [0.25, 0.3) is 0 Å². The number of benzene rings is 1. The molecule has 1 aliphatic carbocycles. The van der Waals surface area contributed by atoms with Gasteiger partial charge in [-0.3, -0.25) is 0 Å². The molecule has 1 N–H and O–H groups in total. The predicted molar refractivity (Wildman–Crippen MR) is 121 cm³/mol. The lowest BCUT2D eigenvalue weighted by Crippen LogP contribution is -2.42. The van der Waals surface area contributed by atoms with Crippen LogP contribution in [0.15, 0.2) is 65.1 Å². The van der Waals surface area contributed by atoms with Crippen molar-refractivity contribution in [1.82, 2.24) is 10.2 Å². The van der Waals surface area contributed by atoms with Crippen molar-refractivity contribution >= 4 is 0 Å². The van der Waals surface area contributed by atoms with Crippen LogP contribution >= 0.6 is 0 Å². The van der Waals surface area contributed by atoms with Crippen LogP contribution in [-0.2, 0) is 6.18 Å². The van der Waals surface area contributed by atoms with Gasteiger partial charge in [-0.2, -0.15) is 13.2 Å². The standard InChI is InChI=1S/C26H33F3N2/c1-19-8-4-5-9-23(17-20(2)16-19)30-21(3)18-31-14-12-22(13-15-31)24-10-6-7-11-25(24)26(27,28)29/h4-7,9-11,21-22,30H,8,12-15,17-18H2,1-3H3/b5-4-,23-9+. The first-order chi connectivity index (χ1) is 14.7. The Kier molecular flexibility index (Phi) is 7.85. The first kappa shape index (κ1) is 23.4. The second kappa shape index (κ2) is 10.4. The van der Waals surface area contributed by atoms with Gasteiger partial charge in [-0.1, -0.05) is 30.4 Å². The molecule has 1 aromatic carbocycles. The van der Waals surface area contributed by atoms with Crippen molar-refractivity contribution in [2.45, 2.75) is 64.6 Å². The average Bonchev–Trinajstić information content (AvgIpc) is 2.78. The van der Waals surface area contributed by atoms with Crippen LogP contribution in [0, 0.1) is 0 Å². The molecule has 1 saturated heterocycles. The number of likely N-dealkylation sites (tertiary alicyclic amines) is 1. The molecule has 0 amide bonds. The lowest BCUT2D eigenvalue weighted by molar-refractivity contribution is -0.138. The van der Waals surface area contributed by atoms with Crippen LogP contribution < -0.4 is 5.32 Å². The minimum Gasteiger partial charge on any atom is -0.384 e. The highest BCUT2D eigenvalue weighted by atomic mass is 19.4. The molecule has 3 rings (SSSR count). The SMILES string of the molecule is CC1=C=C(C)C/C(NC(C)CN2CCC(c3ccccc3C(F)(F)F)CC2)=C\C=C/C1. The summed E-state index contributed by atoms with van der Waals surface area (Å²) < 4.78 is 40.1. The van der Waals surface area contributed by atoms with Crippen LogP contribution in [0.2, 0.25) is 0 Å². The Bertz CT molecular complexity index is 880. The van der Waals surface area contributed by atoms with Gasteiger partial charge in [-0.15, -0.1) is 5.73 Å². The van der Waals surface area contributed by atoms with E-state index in [-0.39, 0.29) is 12.0 Å². The topological polar surface area (TPSA) is 15.3 Å². The molecule has 168 valence electrons. The Hall–Kier alpha value is -2.23. The van der Waals surface area contributed by atoms with E-state index in [1.54, 1.807) is 12.1 Å². The van der Waals surface area contributed by atoms with E-state index < -0.39 is 11.7 Å². The fourth-order valence-electron chi connectivity index (χ4n) is 4.62. The third kappa shape index (κ3) is 6.88. The summed E-state index contributed by atoms with van der Waals surface area (Å²) in [5, 5.41) is 3.63. The third-order valence-corrected chi connectivity index (χ3v) is 6.00. The Morgan fingerprint density at radius 3 is 2.55 bits per heavy atom. The zero-order chi connectivity index (χ0) is 22.4. The molecule has 0 saturated carbocycles. The molecular weight excluding hydrogens is 397 g/mol. The summed E-state index contributed by atoms with van der Waals surface area (Å²) in [5.74, 6) is -0.0256. The summed E-state index contributed by atoms with van der Waals surface area (Å²) in [6.45, 7) is 8.91. The predicted octanol–water partition coefficient (Wildman–Crippen LogP) is 6.59. The molecule has 31 heavy (non-hydrogen) atoms. The van der Waals surface area contributed by atoms with E-state index in [1.165, 1.54) is 29.0 Å². The minimum atomic E-state index is -4.29. The minimum absolute atomic E-state index is 0.0256. The lowest BCUT2D eigenvalue weighted by Gasteiger charge is -2.35. The molecule has 1 heterocycles. The highest BCUT2D eigenvalue weighted by Gasteiger charge is 2.35. The molecule has 1 unspecified atom stereocenters. The van der Waals surface area contributed by atoms with Crippen LogP contribution in [0.1, 0.15) is 63.5 Å². The normalized spacial score (nSPS) is 22.8. The van der Waals surface area contributed by atoms with Gasteiger partial charge in [0.25, 0.3) is 0 Å². The van der Waals surface area contributed by atoms with Crippen molar-refractivity contribution in [3.63, 3.8) is 0 Å². The van der Waals surface area contributed by atoms with Crippen LogP contribution in [0.5, 0.6) is 0 Å². The Morgan fingerprint density at radius 1 is 1.13 bits per heavy atom. The summed E-state index contributed by atoms with van der Waals surface area (Å²) in [5.41, 5.74) is 7.07. The van der Waals surface area contributed by atoms with Crippen LogP contribution in [0.3, 0.4) is 0 Å². The van der Waals surface area contributed by atoms with E-state index >= 15 is 0 Å². The van der Waals surface area contributed by atoms with Gasteiger partial charge in [0.15, 0.2) is 0 Å². The number of alkyl halides is 3. The summed E-state index contributed by atoms with van der Waals surface area (Å²) in [6, 6.07) is 6.31. The monoisotopic (exact) mass is 430 g/mol. The highest BCUT2D eigenvalue weighted by Crippen LogP contribution is 2.38. The molecule has 2 aliphatic rings. The van der Waals surface area contributed by atoms with Gasteiger partial charge >= 0.3 is 6.18 Å². The largest absolute Gasteiger partial charge is 0.416 e. The lowest BCUT2D eigenvalue weighted by atomic mass is 9.86. The van der Waals surface area contributed by atoms with Crippen molar-refractivity contribution in [3.05, 3.63) is 76.2 Å². The zero-order valence-electron chi connectivity index (χ0n) is 18.7. The maximum Gasteiger partial charge on any atom is 0.416 e. The van der Waals surface area contributed by atoms with E-state index in [2.05, 4.69) is 54.9 Å². The van der Waals surface area contributed by atoms with E-state index in [9.17, 15) is 13.2 Å². The van der Waals surface area contributed by atoms with E-state index in [4.69, 9.17) is 0 Å². The highest BCUT2D eigenvalue weighted by molar-refractivity contribution is 5.33. The first-order valence-electron chi connectivity index (χ1n) is 11.1. The molecule has 2 nitrogen and oxygen atoms in total. The molecule has 0 spiro atoms. The van der Waals surface area contributed by atoms with Gasteiger partial charge in [-0.05, 0) is 87.9 Å². The van der Waals surface area contributed by atoms with Gasteiger partial charge in [0.2, 0.25) is 0 Å². The number of allylic oxidation sites excluding steroid dienone is 4. The Balaban J connectivity index is 1.55. The number of hydrogen-bond donors (Lipinski definition) is 1. The maximum atomic E-state index is 13.4. The average molecular weight is 431 g/mol. The molecule has 0 aromatic heterocycles. The van der Waals surface area contributed by atoms with E-state index in [0.29, 0.717) is 5.56 Å². The molecule has 5 heteroatoms. The fourth-order valence-corrected chi connectivity index (χ4v) is 4.62. The Labute approximate surface area is 184 Å². The quantitative estimate of drug-likeness (QED) is 0.530. The van der Waals surface area contributed by atoms with Gasteiger partial charge < -0.3 is 10.2 Å². The maximum absolute atomic E-state index is 13.4. The van der Waals surface area contributed by atoms with Crippen molar-refractivity contribution in [1.29, 1.82) is 0 Å². The van der Waals surface area contributed by atoms with Crippen molar-refractivity contribution in [3.8, 4) is 0 Å². The Morgan fingerprint density at radius 2 is 1.84 bits per heavy atom.